The highest BCUT2D eigenvalue weighted by Gasteiger charge is 2.16. The summed E-state index contributed by atoms with van der Waals surface area (Å²) < 4.78 is 0. The fourth-order valence-corrected chi connectivity index (χ4v) is 2.66. The van der Waals surface area contributed by atoms with Crippen molar-refractivity contribution in [2.75, 3.05) is 0 Å². The molecular weight excluding hydrogens is 248 g/mol. The first-order valence-corrected chi connectivity index (χ1v) is 7.28. The van der Waals surface area contributed by atoms with E-state index in [4.69, 9.17) is 0 Å². The van der Waals surface area contributed by atoms with Crippen molar-refractivity contribution in [1.82, 2.24) is 0 Å². The highest BCUT2D eigenvalue weighted by atomic mass is 16.3. The minimum absolute atomic E-state index is 0.180. The van der Waals surface area contributed by atoms with Crippen molar-refractivity contribution in [2.24, 2.45) is 0 Å². The van der Waals surface area contributed by atoms with Gasteiger partial charge in [0.1, 0.15) is 11.5 Å². The third kappa shape index (κ3) is 2.51. The van der Waals surface area contributed by atoms with Crippen molar-refractivity contribution in [2.45, 2.75) is 40.0 Å². The number of benzene rings is 2. The first-order valence-electron chi connectivity index (χ1n) is 7.28. The molecule has 0 saturated carbocycles. The van der Waals surface area contributed by atoms with Gasteiger partial charge in [0, 0.05) is 11.1 Å². The molecule has 0 unspecified atom stereocenters. The largest absolute Gasteiger partial charge is 0.508 e. The summed E-state index contributed by atoms with van der Waals surface area (Å²) in [5.74, 6) is 0.422. The van der Waals surface area contributed by atoms with E-state index in [9.17, 15) is 10.2 Å². The number of aromatic hydroxyl groups is 2. The van der Waals surface area contributed by atoms with Gasteiger partial charge in [-0.25, -0.2) is 0 Å². The average molecular weight is 270 g/mol. The lowest BCUT2D eigenvalue weighted by atomic mass is 9.92. The highest BCUT2D eigenvalue weighted by Crippen LogP contribution is 2.39. The van der Waals surface area contributed by atoms with E-state index in [1.165, 1.54) is 5.56 Å². The Bertz CT molecular complexity index is 615. The van der Waals surface area contributed by atoms with E-state index in [0.717, 1.165) is 29.5 Å². The maximum atomic E-state index is 10.4. The molecule has 0 bridgehead atoms. The predicted octanol–water partition coefficient (Wildman–Crippen LogP) is 4.45. The van der Waals surface area contributed by atoms with Gasteiger partial charge in [0.15, 0.2) is 0 Å². The van der Waals surface area contributed by atoms with Gasteiger partial charge in [0.05, 0.1) is 0 Å². The molecular formula is C18H22O2. The Morgan fingerprint density at radius 1 is 0.850 bits per heavy atom. The van der Waals surface area contributed by atoms with Crippen LogP contribution in [-0.4, -0.2) is 10.2 Å². The topological polar surface area (TPSA) is 40.5 Å². The van der Waals surface area contributed by atoms with E-state index in [0.29, 0.717) is 12.0 Å². The second-order valence-electron chi connectivity index (χ2n) is 5.01. The summed E-state index contributed by atoms with van der Waals surface area (Å²) >= 11 is 0. The van der Waals surface area contributed by atoms with E-state index in [1.54, 1.807) is 6.07 Å². The molecule has 0 aliphatic rings. The van der Waals surface area contributed by atoms with Gasteiger partial charge in [-0.3, -0.25) is 0 Å². The van der Waals surface area contributed by atoms with Gasteiger partial charge in [0.25, 0.3) is 0 Å². The fraction of sp³-hybridized carbons (Fsp3) is 0.333. The SMILES string of the molecule is CCc1cccc(-c2cc(O)c(CC)c(O)c2CC)c1. The van der Waals surface area contributed by atoms with Crippen molar-refractivity contribution in [3.8, 4) is 22.6 Å². The van der Waals surface area contributed by atoms with Crippen molar-refractivity contribution >= 4 is 0 Å². The summed E-state index contributed by atoms with van der Waals surface area (Å²) in [6.07, 6.45) is 2.34. The predicted molar refractivity (Wildman–Crippen MR) is 83.3 cm³/mol. The van der Waals surface area contributed by atoms with Crippen molar-refractivity contribution in [3.05, 3.63) is 47.0 Å². The van der Waals surface area contributed by atoms with Gasteiger partial charge in [-0.05, 0) is 42.0 Å². The number of phenolic OH excluding ortho intramolecular Hbond substituents is 2. The van der Waals surface area contributed by atoms with Crippen LogP contribution in [0.1, 0.15) is 37.5 Å². The molecule has 0 spiro atoms. The summed E-state index contributed by atoms with van der Waals surface area (Å²) in [7, 11) is 0. The zero-order chi connectivity index (χ0) is 14.7. The molecule has 0 atom stereocenters. The summed E-state index contributed by atoms with van der Waals surface area (Å²) in [5, 5.41) is 20.5. The molecule has 2 heteroatoms. The Morgan fingerprint density at radius 3 is 2.15 bits per heavy atom. The standard InChI is InChI=1S/C18H22O2/c1-4-12-8-7-9-13(10-12)16-11-17(19)15(6-3)18(20)14(16)5-2/h7-11,19-20H,4-6H2,1-3H3. The number of hydrogen-bond acceptors (Lipinski definition) is 2. The van der Waals surface area contributed by atoms with E-state index >= 15 is 0 Å². The second kappa shape index (κ2) is 6.00. The smallest absolute Gasteiger partial charge is 0.126 e. The van der Waals surface area contributed by atoms with Gasteiger partial charge in [-0.1, -0.05) is 45.0 Å². The highest BCUT2D eigenvalue weighted by molar-refractivity contribution is 5.74. The number of aryl methyl sites for hydroxylation is 1. The molecule has 20 heavy (non-hydrogen) atoms. The maximum absolute atomic E-state index is 10.4. The third-order valence-corrected chi connectivity index (χ3v) is 3.84. The molecule has 0 aromatic heterocycles. The fourth-order valence-electron chi connectivity index (χ4n) is 2.66. The van der Waals surface area contributed by atoms with Gasteiger partial charge in [-0.2, -0.15) is 0 Å². The van der Waals surface area contributed by atoms with Crippen LogP contribution < -0.4 is 0 Å². The van der Waals surface area contributed by atoms with Crippen LogP contribution in [0, 0.1) is 0 Å². The Kier molecular flexibility index (Phi) is 4.33. The zero-order valence-corrected chi connectivity index (χ0v) is 12.4. The van der Waals surface area contributed by atoms with Crippen LogP contribution in [0.25, 0.3) is 11.1 Å². The van der Waals surface area contributed by atoms with Gasteiger partial charge in [-0.15, -0.1) is 0 Å². The monoisotopic (exact) mass is 270 g/mol. The van der Waals surface area contributed by atoms with Crippen LogP contribution in [0.15, 0.2) is 30.3 Å². The van der Waals surface area contributed by atoms with Crippen molar-refractivity contribution in [1.29, 1.82) is 0 Å². The number of rotatable bonds is 4. The first kappa shape index (κ1) is 14.4. The van der Waals surface area contributed by atoms with Crippen LogP contribution in [0.5, 0.6) is 11.5 Å². The normalized spacial score (nSPS) is 10.8. The minimum Gasteiger partial charge on any atom is -0.508 e. The van der Waals surface area contributed by atoms with E-state index in [1.807, 2.05) is 26.0 Å². The summed E-state index contributed by atoms with van der Waals surface area (Å²) in [5.41, 5.74) is 4.78. The molecule has 2 rings (SSSR count). The lowest BCUT2D eigenvalue weighted by Crippen LogP contribution is -1.95. The van der Waals surface area contributed by atoms with Crippen molar-refractivity contribution < 1.29 is 10.2 Å². The van der Waals surface area contributed by atoms with Crippen molar-refractivity contribution in [3.63, 3.8) is 0 Å². The van der Waals surface area contributed by atoms with Crippen LogP contribution in [-0.2, 0) is 19.3 Å². The molecule has 0 aliphatic carbocycles. The zero-order valence-electron chi connectivity index (χ0n) is 12.4. The lowest BCUT2D eigenvalue weighted by molar-refractivity contribution is 0.436. The van der Waals surface area contributed by atoms with E-state index in [-0.39, 0.29) is 11.5 Å². The minimum atomic E-state index is 0.180. The Labute approximate surface area is 120 Å². The van der Waals surface area contributed by atoms with Gasteiger partial charge >= 0.3 is 0 Å². The molecule has 0 radical (unpaired) electrons. The van der Waals surface area contributed by atoms with Crippen LogP contribution in [0.2, 0.25) is 0 Å². The molecule has 2 nitrogen and oxygen atoms in total. The Balaban J connectivity index is 2.67. The summed E-state index contributed by atoms with van der Waals surface area (Å²) in [4.78, 5) is 0. The quantitative estimate of drug-likeness (QED) is 0.861. The molecule has 0 amide bonds. The second-order valence-corrected chi connectivity index (χ2v) is 5.01. The van der Waals surface area contributed by atoms with E-state index < -0.39 is 0 Å². The first-order chi connectivity index (χ1) is 9.62. The van der Waals surface area contributed by atoms with Crippen LogP contribution in [0.4, 0.5) is 0 Å². The molecule has 2 N–H and O–H groups in total. The Morgan fingerprint density at radius 2 is 1.55 bits per heavy atom. The number of phenols is 2. The van der Waals surface area contributed by atoms with E-state index in [2.05, 4.69) is 19.1 Å². The summed E-state index contributed by atoms with van der Waals surface area (Å²) in [6, 6.07) is 10.0. The Hall–Kier alpha value is -1.96. The lowest BCUT2D eigenvalue weighted by Gasteiger charge is -2.15. The molecule has 2 aromatic carbocycles. The van der Waals surface area contributed by atoms with Gasteiger partial charge < -0.3 is 10.2 Å². The summed E-state index contributed by atoms with van der Waals surface area (Å²) in [6.45, 7) is 6.08. The number of hydrogen-bond donors (Lipinski definition) is 2. The average Bonchev–Trinajstić information content (AvgIpc) is 2.47. The molecule has 0 heterocycles. The molecule has 0 saturated heterocycles. The van der Waals surface area contributed by atoms with Crippen LogP contribution in [0.3, 0.4) is 0 Å². The third-order valence-electron chi connectivity index (χ3n) is 3.84. The van der Waals surface area contributed by atoms with Crippen LogP contribution >= 0.6 is 0 Å². The molecule has 0 fully saturated rings. The molecule has 0 aliphatic heterocycles. The maximum Gasteiger partial charge on any atom is 0.126 e. The molecule has 2 aromatic rings. The van der Waals surface area contributed by atoms with Gasteiger partial charge in [0.2, 0.25) is 0 Å². The molecule has 106 valence electrons.